The Bertz CT molecular complexity index is 200. The zero-order chi connectivity index (χ0) is 10.5. The Morgan fingerprint density at radius 3 is 2.31 bits per heavy atom. The van der Waals surface area contributed by atoms with Gasteiger partial charge in [-0.3, -0.25) is 9.59 Å². The Hall–Kier alpha value is -1.06. The molecule has 0 bridgehead atoms. The third-order valence-electron chi connectivity index (χ3n) is 1.88. The molecule has 4 heteroatoms. The number of nitrogens with two attached hydrogens (primary N) is 1. The van der Waals surface area contributed by atoms with E-state index in [1.54, 1.807) is 0 Å². The summed E-state index contributed by atoms with van der Waals surface area (Å²) in [6, 6.07) is 0. The first-order chi connectivity index (χ1) is 5.89. The van der Waals surface area contributed by atoms with Crippen LogP contribution in [0.2, 0.25) is 0 Å². The van der Waals surface area contributed by atoms with Crippen molar-refractivity contribution in [3.05, 3.63) is 0 Å². The Morgan fingerprint density at radius 1 is 1.38 bits per heavy atom. The topological polar surface area (TPSA) is 72.2 Å². The Balaban J connectivity index is 3.87. The average Bonchev–Trinajstić information content (AvgIpc) is 2.00. The van der Waals surface area contributed by atoms with E-state index in [1.807, 2.05) is 13.8 Å². The van der Waals surface area contributed by atoms with Crippen LogP contribution in [0, 0.1) is 5.41 Å². The maximum atomic E-state index is 10.8. The summed E-state index contributed by atoms with van der Waals surface area (Å²) in [6.07, 6.45) is 2.06. The lowest BCUT2D eigenvalue weighted by Gasteiger charge is -2.23. The highest BCUT2D eigenvalue weighted by molar-refractivity contribution is 6.34. The summed E-state index contributed by atoms with van der Waals surface area (Å²) in [5.74, 6) is -1.63. The first kappa shape index (κ1) is 11.9. The normalized spacial score (nSPS) is 11.0. The lowest BCUT2D eigenvalue weighted by atomic mass is 9.88. The molecule has 0 spiro atoms. The summed E-state index contributed by atoms with van der Waals surface area (Å²) < 4.78 is 0. The summed E-state index contributed by atoms with van der Waals surface area (Å²) in [4.78, 5) is 21.2. The zero-order valence-corrected chi connectivity index (χ0v) is 8.52. The molecule has 0 aromatic heterocycles. The highest BCUT2D eigenvalue weighted by Gasteiger charge is 2.18. The van der Waals surface area contributed by atoms with Gasteiger partial charge in [0.05, 0.1) is 0 Å². The van der Waals surface area contributed by atoms with Crippen molar-refractivity contribution in [3.63, 3.8) is 0 Å². The van der Waals surface area contributed by atoms with Crippen molar-refractivity contribution in [1.29, 1.82) is 0 Å². The number of carbonyl (C=O) groups excluding carboxylic acids is 2. The van der Waals surface area contributed by atoms with Crippen LogP contribution in [0.15, 0.2) is 0 Å². The van der Waals surface area contributed by atoms with Gasteiger partial charge in [-0.1, -0.05) is 27.2 Å². The summed E-state index contributed by atoms with van der Waals surface area (Å²) in [7, 11) is 0. The summed E-state index contributed by atoms with van der Waals surface area (Å²) in [5, 5.41) is 2.49. The maximum Gasteiger partial charge on any atom is 0.309 e. The van der Waals surface area contributed by atoms with Gasteiger partial charge in [0.2, 0.25) is 0 Å². The largest absolute Gasteiger partial charge is 0.361 e. The van der Waals surface area contributed by atoms with Crippen LogP contribution in [0.25, 0.3) is 0 Å². The van der Waals surface area contributed by atoms with Crippen LogP contribution in [-0.2, 0) is 9.59 Å². The van der Waals surface area contributed by atoms with Gasteiger partial charge in [0, 0.05) is 6.54 Å². The second kappa shape index (κ2) is 4.84. The monoisotopic (exact) mass is 186 g/mol. The molecular formula is C9H18N2O2. The second-order valence-electron chi connectivity index (χ2n) is 3.96. The molecular weight excluding hydrogens is 168 g/mol. The van der Waals surface area contributed by atoms with Gasteiger partial charge in [-0.2, -0.15) is 0 Å². The summed E-state index contributed by atoms with van der Waals surface area (Å²) in [6.45, 7) is 6.65. The first-order valence-electron chi connectivity index (χ1n) is 4.46. The zero-order valence-electron chi connectivity index (χ0n) is 8.52. The van der Waals surface area contributed by atoms with Crippen molar-refractivity contribution in [2.75, 3.05) is 6.54 Å². The molecule has 2 amide bonds. The quantitative estimate of drug-likeness (QED) is 0.624. The molecule has 0 unspecified atom stereocenters. The van der Waals surface area contributed by atoms with E-state index in [2.05, 4.69) is 12.2 Å². The molecule has 0 saturated carbocycles. The molecule has 0 aliphatic carbocycles. The molecule has 3 N–H and O–H groups in total. The standard InChI is InChI=1S/C9H18N2O2/c1-4-5-9(2,3)6-11-8(13)7(10)12/h4-6H2,1-3H3,(H2,10,12)(H,11,13). The van der Waals surface area contributed by atoms with Crippen molar-refractivity contribution in [2.24, 2.45) is 11.1 Å². The van der Waals surface area contributed by atoms with Crippen molar-refractivity contribution in [3.8, 4) is 0 Å². The second-order valence-corrected chi connectivity index (χ2v) is 3.96. The van der Waals surface area contributed by atoms with Gasteiger partial charge in [0.1, 0.15) is 0 Å². The molecule has 0 aliphatic rings. The highest BCUT2D eigenvalue weighted by Crippen LogP contribution is 2.20. The van der Waals surface area contributed by atoms with E-state index in [0.29, 0.717) is 6.54 Å². The van der Waals surface area contributed by atoms with Crippen LogP contribution >= 0.6 is 0 Å². The van der Waals surface area contributed by atoms with Crippen molar-refractivity contribution in [1.82, 2.24) is 5.32 Å². The van der Waals surface area contributed by atoms with E-state index in [1.165, 1.54) is 0 Å². The summed E-state index contributed by atoms with van der Waals surface area (Å²) >= 11 is 0. The average molecular weight is 186 g/mol. The predicted molar refractivity (Wildman–Crippen MR) is 50.9 cm³/mol. The van der Waals surface area contributed by atoms with E-state index in [4.69, 9.17) is 5.73 Å². The number of carbonyl (C=O) groups is 2. The van der Waals surface area contributed by atoms with Crippen molar-refractivity contribution < 1.29 is 9.59 Å². The van der Waals surface area contributed by atoms with Crippen LogP contribution in [-0.4, -0.2) is 18.4 Å². The number of amides is 2. The number of nitrogens with one attached hydrogen (secondary N) is 1. The fourth-order valence-electron chi connectivity index (χ4n) is 1.17. The summed E-state index contributed by atoms with van der Waals surface area (Å²) in [5.41, 5.74) is 4.82. The minimum atomic E-state index is -0.924. The van der Waals surface area contributed by atoms with Crippen LogP contribution in [0.1, 0.15) is 33.6 Å². The molecule has 4 nitrogen and oxygen atoms in total. The Labute approximate surface area is 78.9 Å². The molecule has 0 rings (SSSR count). The lowest BCUT2D eigenvalue weighted by Crippen LogP contribution is -2.40. The lowest BCUT2D eigenvalue weighted by molar-refractivity contribution is -0.137. The van der Waals surface area contributed by atoms with Crippen LogP contribution < -0.4 is 11.1 Å². The van der Waals surface area contributed by atoms with E-state index < -0.39 is 11.8 Å². The smallest absolute Gasteiger partial charge is 0.309 e. The van der Waals surface area contributed by atoms with Gasteiger partial charge in [-0.05, 0) is 11.8 Å². The minimum Gasteiger partial charge on any atom is -0.361 e. The van der Waals surface area contributed by atoms with Crippen LogP contribution in [0.3, 0.4) is 0 Å². The van der Waals surface area contributed by atoms with Crippen LogP contribution in [0.5, 0.6) is 0 Å². The molecule has 0 saturated heterocycles. The number of hydrogen-bond donors (Lipinski definition) is 2. The minimum absolute atomic E-state index is 0.0276. The van der Waals surface area contributed by atoms with Gasteiger partial charge in [-0.25, -0.2) is 0 Å². The molecule has 0 radical (unpaired) electrons. The predicted octanol–water partition coefficient (Wildman–Crippen LogP) is 0.414. The third-order valence-corrected chi connectivity index (χ3v) is 1.88. The number of rotatable bonds is 4. The van der Waals surface area contributed by atoms with E-state index in [-0.39, 0.29) is 5.41 Å². The molecule has 0 fully saturated rings. The molecule has 76 valence electrons. The molecule has 0 aromatic carbocycles. The fourth-order valence-corrected chi connectivity index (χ4v) is 1.17. The van der Waals surface area contributed by atoms with E-state index in [9.17, 15) is 9.59 Å². The molecule has 0 aliphatic heterocycles. The number of hydrogen-bond acceptors (Lipinski definition) is 2. The maximum absolute atomic E-state index is 10.8. The molecule has 0 atom stereocenters. The van der Waals surface area contributed by atoms with Crippen LogP contribution in [0.4, 0.5) is 0 Å². The molecule has 13 heavy (non-hydrogen) atoms. The molecule has 0 aromatic rings. The van der Waals surface area contributed by atoms with Gasteiger partial charge in [-0.15, -0.1) is 0 Å². The van der Waals surface area contributed by atoms with Gasteiger partial charge in [0.25, 0.3) is 0 Å². The fraction of sp³-hybridized carbons (Fsp3) is 0.778. The van der Waals surface area contributed by atoms with Crippen molar-refractivity contribution >= 4 is 11.8 Å². The highest BCUT2D eigenvalue weighted by atomic mass is 16.2. The Kier molecular flexibility index (Phi) is 4.45. The Morgan fingerprint density at radius 2 is 1.92 bits per heavy atom. The molecule has 0 heterocycles. The van der Waals surface area contributed by atoms with Gasteiger partial charge in [0.15, 0.2) is 0 Å². The van der Waals surface area contributed by atoms with Crippen molar-refractivity contribution in [2.45, 2.75) is 33.6 Å². The van der Waals surface area contributed by atoms with E-state index >= 15 is 0 Å². The van der Waals surface area contributed by atoms with Gasteiger partial charge >= 0.3 is 11.8 Å². The SMILES string of the molecule is CCCC(C)(C)CNC(=O)C(N)=O. The van der Waals surface area contributed by atoms with Gasteiger partial charge < -0.3 is 11.1 Å². The van der Waals surface area contributed by atoms with E-state index in [0.717, 1.165) is 12.8 Å². The first-order valence-corrected chi connectivity index (χ1v) is 4.46. The third kappa shape index (κ3) is 5.22. The number of primary amides is 1.